The van der Waals surface area contributed by atoms with Crippen molar-refractivity contribution in [2.45, 2.75) is 6.42 Å². The molecule has 0 amide bonds. The molecule has 0 radical (unpaired) electrons. The van der Waals surface area contributed by atoms with Crippen LogP contribution in [0.4, 0.5) is 0 Å². The summed E-state index contributed by atoms with van der Waals surface area (Å²) >= 11 is 0. The second-order valence-electron chi connectivity index (χ2n) is 3.15. The van der Waals surface area contributed by atoms with Gasteiger partial charge >= 0.3 is 5.97 Å². The monoisotopic (exact) mass is 173 g/mol. The molecule has 2 atom stereocenters. The number of carbonyl (C=O) groups is 1. The molecule has 0 bridgehead atoms. The van der Waals surface area contributed by atoms with Gasteiger partial charge in [-0.3, -0.25) is 4.79 Å². The Morgan fingerprint density at radius 1 is 1.83 bits per heavy atom. The van der Waals surface area contributed by atoms with Crippen LogP contribution in [0, 0.1) is 11.8 Å². The molecule has 4 nitrogen and oxygen atoms in total. The van der Waals surface area contributed by atoms with E-state index in [2.05, 4.69) is 5.32 Å². The van der Waals surface area contributed by atoms with Crippen molar-refractivity contribution >= 4 is 5.97 Å². The average molecular weight is 173 g/mol. The van der Waals surface area contributed by atoms with E-state index in [0.717, 1.165) is 19.5 Å². The standard InChI is InChI=1S/C8H15NO3/c1-12-5-7(8(10)11)6-2-3-9-4-6/h6-7,9H,2-5H2,1H3,(H,10,11). The molecule has 1 fully saturated rings. The number of hydrogen-bond acceptors (Lipinski definition) is 3. The smallest absolute Gasteiger partial charge is 0.309 e. The van der Waals surface area contributed by atoms with Gasteiger partial charge in [0, 0.05) is 7.11 Å². The van der Waals surface area contributed by atoms with Gasteiger partial charge in [0.15, 0.2) is 0 Å². The first kappa shape index (κ1) is 9.48. The Morgan fingerprint density at radius 2 is 2.58 bits per heavy atom. The van der Waals surface area contributed by atoms with Gasteiger partial charge in [-0.05, 0) is 25.4 Å². The van der Waals surface area contributed by atoms with Crippen LogP contribution in [0.2, 0.25) is 0 Å². The van der Waals surface area contributed by atoms with Crippen LogP contribution in [0.5, 0.6) is 0 Å². The fourth-order valence-electron chi connectivity index (χ4n) is 1.61. The summed E-state index contributed by atoms with van der Waals surface area (Å²) in [5.41, 5.74) is 0. The number of rotatable bonds is 4. The Kier molecular flexibility index (Phi) is 3.49. The van der Waals surface area contributed by atoms with Crippen LogP contribution in [0.25, 0.3) is 0 Å². The highest BCUT2D eigenvalue weighted by Crippen LogP contribution is 2.19. The van der Waals surface area contributed by atoms with Crippen molar-refractivity contribution in [3.8, 4) is 0 Å². The minimum absolute atomic E-state index is 0.238. The van der Waals surface area contributed by atoms with Crippen molar-refractivity contribution in [3.63, 3.8) is 0 Å². The van der Waals surface area contributed by atoms with Gasteiger partial charge in [-0.1, -0.05) is 0 Å². The maximum Gasteiger partial charge on any atom is 0.309 e. The van der Waals surface area contributed by atoms with Crippen LogP contribution in [-0.4, -0.2) is 37.9 Å². The van der Waals surface area contributed by atoms with E-state index in [4.69, 9.17) is 9.84 Å². The molecule has 0 aromatic carbocycles. The number of carboxylic acids is 1. The zero-order chi connectivity index (χ0) is 8.97. The van der Waals surface area contributed by atoms with Crippen molar-refractivity contribution in [1.82, 2.24) is 5.32 Å². The van der Waals surface area contributed by atoms with Crippen molar-refractivity contribution in [2.24, 2.45) is 11.8 Å². The molecule has 0 aliphatic carbocycles. The lowest BCUT2D eigenvalue weighted by Gasteiger charge is -2.16. The van der Waals surface area contributed by atoms with Crippen LogP contribution < -0.4 is 5.32 Å². The lowest BCUT2D eigenvalue weighted by molar-refractivity contribution is -0.145. The van der Waals surface area contributed by atoms with E-state index in [1.165, 1.54) is 0 Å². The van der Waals surface area contributed by atoms with Crippen molar-refractivity contribution in [3.05, 3.63) is 0 Å². The molecule has 0 spiro atoms. The lowest BCUT2D eigenvalue weighted by atomic mass is 9.92. The SMILES string of the molecule is COCC(C(=O)O)C1CCNC1. The van der Waals surface area contributed by atoms with E-state index in [1.54, 1.807) is 7.11 Å². The van der Waals surface area contributed by atoms with Gasteiger partial charge < -0.3 is 15.2 Å². The molecule has 12 heavy (non-hydrogen) atoms. The lowest BCUT2D eigenvalue weighted by Crippen LogP contribution is -2.29. The predicted octanol–water partition coefficient (Wildman–Crippen LogP) is -0.0569. The van der Waals surface area contributed by atoms with Crippen LogP contribution in [0.3, 0.4) is 0 Å². The van der Waals surface area contributed by atoms with E-state index in [-0.39, 0.29) is 11.8 Å². The molecule has 1 heterocycles. The van der Waals surface area contributed by atoms with Crippen LogP contribution >= 0.6 is 0 Å². The summed E-state index contributed by atoms with van der Waals surface area (Å²) in [4.78, 5) is 10.8. The Labute approximate surface area is 71.9 Å². The molecule has 0 saturated carbocycles. The van der Waals surface area contributed by atoms with Crippen LogP contribution in [0.15, 0.2) is 0 Å². The zero-order valence-corrected chi connectivity index (χ0v) is 7.25. The average Bonchev–Trinajstić information content (AvgIpc) is 2.51. The third kappa shape index (κ3) is 2.19. The quantitative estimate of drug-likeness (QED) is 0.625. The number of carboxylic acid groups (broad SMARTS) is 1. The van der Waals surface area contributed by atoms with Crippen molar-refractivity contribution < 1.29 is 14.6 Å². The number of methoxy groups -OCH3 is 1. The Balaban J connectivity index is 2.45. The highest BCUT2D eigenvalue weighted by Gasteiger charge is 2.30. The van der Waals surface area contributed by atoms with Gasteiger partial charge in [0.05, 0.1) is 12.5 Å². The van der Waals surface area contributed by atoms with Crippen LogP contribution in [-0.2, 0) is 9.53 Å². The number of nitrogens with one attached hydrogen (secondary N) is 1. The summed E-state index contributed by atoms with van der Waals surface area (Å²) in [6, 6.07) is 0. The minimum atomic E-state index is -0.745. The normalized spacial score (nSPS) is 25.6. The second kappa shape index (κ2) is 4.42. The summed E-state index contributed by atoms with van der Waals surface area (Å²) in [5, 5.41) is 12.0. The first-order chi connectivity index (χ1) is 5.75. The van der Waals surface area contributed by atoms with E-state index in [0.29, 0.717) is 6.61 Å². The Hall–Kier alpha value is -0.610. The van der Waals surface area contributed by atoms with Gasteiger partial charge in [0.1, 0.15) is 0 Å². The number of hydrogen-bond donors (Lipinski definition) is 2. The largest absolute Gasteiger partial charge is 0.481 e. The molecule has 1 saturated heterocycles. The highest BCUT2D eigenvalue weighted by molar-refractivity contribution is 5.70. The summed E-state index contributed by atoms with van der Waals surface area (Å²) in [5.74, 6) is -0.849. The summed E-state index contributed by atoms with van der Waals surface area (Å²) in [6.07, 6.45) is 0.945. The molecule has 4 heteroatoms. The zero-order valence-electron chi connectivity index (χ0n) is 7.25. The topological polar surface area (TPSA) is 58.6 Å². The predicted molar refractivity (Wildman–Crippen MR) is 44.0 cm³/mol. The first-order valence-electron chi connectivity index (χ1n) is 4.18. The van der Waals surface area contributed by atoms with Gasteiger partial charge in [0.25, 0.3) is 0 Å². The molecule has 0 aromatic heterocycles. The second-order valence-corrected chi connectivity index (χ2v) is 3.15. The van der Waals surface area contributed by atoms with Gasteiger partial charge in [-0.2, -0.15) is 0 Å². The molecule has 1 rings (SSSR count). The van der Waals surface area contributed by atoms with E-state index < -0.39 is 5.97 Å². The summed E-state index contributed by atoms with van der Waals surface area (Å²) < 4.78 is 4.87. The van der Waals surface area contributed by atoms with Gasteiger partial charge in [0.2, 0.25) is 0 Å². The fraction of sp³-hybridized carbons (Fsp3) is 0.875. The van der Waals surface area contributed by atoms with Gasteiger partial charge in [-0.25, -0.2) is 0 Å². The Morgan fingerprint density at radius 3 is 3.00 bits per heavy atom. The number of ether oxygens (including phenoxy) is 1. The van der Waals surface area contributed by atoms with E-state index in [9.17, 15) is 4.79 Å². The molecule has 2 N–H and O–H groups in total. The molecule has 0 aromatic rings. The third-order valence-electron chi connectivity index (χ3n) is 2.33. The van der Waals surface area contributed by atoms with Crippen molar-refractivity contribution in [2.75, 3.05) is 26.8 Å². The summed E-state index contributed by atoms with van der Waals surface area (Å²) in [7, 11) is 1.54. The minimum Gasteiger partial charge on any atom is -0.481 e. The van der Waals surface area contributed by atoms with Crippen LogP contribution in [0.1, 0.15) is 6.42 Å². The molecule has 70 valence electrons. The maximum atomic E-state index is 10.8. The summed E-state index contributed by atoms with van der Waals surface area (Å²) in [6.45, 7) is 2.06. The van der Waals surface area contributed by atoms with Crippen molar-refractivity contribution in [1.29, 1.82) is 0 Å². The van der Waals surface area contributed by atoms with E-state index >= 15 is 0 Å². The molecular weight excluding hydrogens is 158 g/mol. The van der Waals surface area contributed by atoms with Gasteiger partial charge in [-0.15, -0.1) is 0 Å². The molecule has 2 unspecified atom stereocenters. The van der Waals surface area contributed by atoms with E-state index in [1.807, 2.05) is 0 Å². The first-order valence-corrected chi connectivity index (χ1v) is 4.18. The molecular formula is C8H15NO3. The maximum absolute atomic E-state index is 10.8. The number of aliphatic carboxylic acids is 1. The fourth-order valence-corrected chi connectivity index (χ4v) is 1.61. The Bertz CT molecular complexity index is 154. The third-order valence-corrected chi connectivity index (χ3v) is 2.33. The highest BCUT2D eigenvalue weighted by atomic mass is 16.5. The molecule has 1 aliphatic rings. The molecule has 1 aliphatic heterocycles.